The van der Waals surface area contributed by atoms with Crippen LogP contribution in [0.15, 0.2) is 24.3 Å². The summed E-state index contributed by atoms with van der Waals surface area (Å²) in [6.45, 7) is 4.00. The van der Waals surface area contributed by atoms with Crippen molar-refractivity contribution in [2.75, 3.05) is 0 Å². The predicted octanol–water partition coefficient (Wildman–Crippen LogP) is 1.69. The van der Waals surface area contributed by atoms with E-state index in [0.717, 1.165) is 4.85 Å². The molecule has 1 aromatic heterocycles. The topological polar surface area (TPSA) is 50.9 Å². The Labute approximate surface area is 70.4 Å². The SMILES string of the molecule is CC.On1nnc2ccccc21. The Hall–Kier alpha value is -1.58. The average molecular weight is 165 g/mol. The van der Waals surface area contributed by atoms with Crippen LogP contribution < -0.4 is 0 Å². The second-order valence-corrected chi connectivity index (χ2v) is 1.97. The van der Waals surface area contributed by atoms with Gasteiger partial charge in [-0.15, -0.1) is 5.10 Å². The van der Waals surface area contributed by atoms with E-state index in [1.54, 1.807) is 12.1 Å². The van der Waals surface area contributed by atoms with Gasteiger partial charge in [-0.3, -0.25) is 0 Å². The quantitative estimate of drug-likeness (QED) is 0.604. The largest absolute Gasteiger partial charge is 0.410 e. The van der Waals surface area contributed by atoms with Crippen LogP contribution in [0.3, 0.4) is 0 Å². The van der Waals surface area contributed by atoms with E-state index < -0.39 is 0 Å². The summed E-state index contributed by atoms with van der Waals surface area (Å²) in [5.41, 5.74) is 1.33. The van der Waals surface area contributed by atoms with Crippen LogP contribution in [0.2, 0.25) is 0 Å². The summed E-state index contributed by atoms with van der Waals surface area (Å²) in [5, 5.41) is 16.1. The molecule has 1 aromatic carbocycles. The van der Waals surface area contributed by atoms with Crippen LogP contribution in [-0.2, 0) is 0 Å². The predicted molar refractivity (Wildman–Crippen MR) is 46.1 cm³/mol. The minimum atomic E-state index is 0.627. The van der Waals surface area contributed by atoms with Gasteiger partial charge in [0.2, 0.25) is 0 Å². The number of para-hydroxylation sites is 1. The van der Waals surface area contributed by atoms with Crippen molar-refractivity contribution in [3.05, 3.63) is 24.3 Å². The third kappa shape index (κ3) is 1.37. The van der Waals surface area contributed by atoms with Gasteiger partial charge in [-0.25, -0.2) is 0 Å². The summed E-state index contributed by atoms with van der Waals surface area (Å²) >= 11 is 0. The molecule has 1 heterocycles. The van der Waals surface area contributed by atoms with E-state index >= 15 is 0 Å². The van der Waals surface area contributed by atoms with Crippen LogP contribution in [0.4, 0.5) is 0 Å². The molecule has 0 aliphatic heterocycles. The van der Waals surface area contributed by atoms with Crippen LogP contribution in [-0.4, -0.2) is 20.4 Å². The summed E-state index contributed by atoms with van der Waals surface area (Å²) in [6.07, 6.45) is 0. The molecule has 0 radical (unpaired) electrons. The third-order valence-electron chi connectivity index (χ3n) is 1.33. The van der Waals surface area contributed by atoms with E-state index in [0.29, 0.717) is 11.0 Å². The molecule has 0 saturated heterocycles. The molecule has 0 spiro atoms. The van der Waals surface area contributed by atoms with Gasteiger partial charge < -0.3 is 5.21 Å². The number of hydrogen-bond donors (Lipinski definition) is 1. The van der Waals surface area contributed by atoms with E-state index in [9.17, 15) is 0 Å². The number of fused-ring (bicyclic) bond motifs is 1. The van der Waals surface area contributed by atoms with Crippen molar-refractivity contribution in [2.45, 2.75) is 13.8 Å². The van der Waals surface area contributed by atoms with E-state index in [4.69, 9.17) is 5.21 Å². The zero-order valence-corrected chi connectivity index (χ0v) is 7.10. The molecular formula is C8H11N3O. The maximum absolute atomic E-state index is 8.95. The molecule has 0 saturated carbocycles. The highest BCUT2D eigenvalue weighted by Gasteiger charge is 1.98. The standard InChI is InChI=1S/C6H5N3O.C2H6/c10-9-6-4-2-1-3-5(6)7-8-9;1-2/h1-4,10H;1-2H3. The molecule has 0 amide bonds. The van der Waals surface area contributed by atoms with Crippen LogP contribution in [0.5, 0.6) is 0 Å². The van der Waals surface area contributed by atoms with Gasteiger partial charge in [0.25, 0.3) is 0 Å². The minimum Gasteiger partial charge on any atom is -0.410 e. The molecule has 64 valence electrons. The fourth-order valence-corrected chi connectivity index (χ4v) is 0.857. The zero-order chi connectivity index (χ0) is 8.97. The molecule has 12 heavy (non-hydrogen) atoms. The lowest BCUT2D eigenvalue weighted by molar-refractivity contribution is 0.155. The van der Waals surface area contributed by atoms with Crippen molar-refractivity contribution in [3.63, 3.8) is 0 Å². The number of nitrogens with zero attached hydrogens (tertiary/aromatic N) is 3. The van der Waals surface area contributed by atoms with Gasteiger partial charge in [0.1, 0.15) is 11.0 Å². The molecule has 0 fully saturated rings. The fourth-order valence-electron chi connectivity index (χ4n) is 0.857. The molecule has 2 rings (SSSR count). The second kappa shape index (κ2) is 3.71. The zero-order valence-electron chi connectivity index (χ0n) is 7.10. The molecule has 0 unspecified atom stereocenters. The van der Waals surface area contributed by atoms with E-state index in [-0.39, 0.29) is 0 Å². The van der Waals surface area contributed by atoms with Crippen molar-refractivity contribution in [1.82, 2.24) is 15.2 Å². The lowest BCUT2D eigenvalue weighted by Crippen LogP contribution is -1.90. The normalized spacial score (nSPS) is 9.17. The van der Waals surface area contributed by atoms with E-state index in [1.165, 1.54) is 0 Å². The van der Waals surface area contributed by atoms with Crippen LogP contribution in [0, 0.1) is 0 Å². The summed E-state index contributed by atoms with van der Waals surface area (Å²) in [7, 11) is 0. The third-order valence-corrected chi connectivity index (χ3v) is 1.33. The van der Waals surface area contributed by atoms with Crippen molar-refractivity contribution >= 4 is 11.0 Å². The molecule has 4 nitrogen and oxygen atoms in total. The molecule has 2 aromatic rings. The van der Waals surface area contributed by atoms with Gasteiger partial charge in [0.05, 0.1) is 0 Å². The first kappa shape index (κ1) is 8.52. The Bertz CT molecular complexity index is 356. The maximum atomic E-state index is 8.95. The summed E-state index contributed by atoms with van der Waals surface area (Å²) in [6, 6.07) is 7.19. The van der Waals surface area contributed by atoms with Gasteiger partial charge in [0.15, 0.2) is 0 Å². The maximum Gasteiger partial charge on any atom is 0.130 e. The Morgan fingerprint density at radius 3 is 2.58 bits per heavy atom. The van der Waals surface area contributed by atoms with E-state index in [2.05, 4.69) is 10.3 Å². The molecule has 4 heteroatoms. The molecule has 0 bridgehead atoms. The van der Waals surface area contributed by atoms with Crippen molar-refractivity contribution in [2.24, 2.45) is 0 Å². The van der Waals surface area contributed by atoms with Gasteiger partial charge >= 0.3 is 0 Å². The Morgan fingerprint density at radius 2 is 1.92 bits per heavy atom. The van der Waals surface area contributed by atoms with Gasteiger partial charge in [-0.2, -0.15) is 0 Å². The molecule has 0 aliphatic carbocycles. The van der Waals surface area contributed by atoms with Gasteiger partial charge in [0, 0.05) is 0 Å². The van der Waals surface area contributed by atoms with Crippen LogP contribution in [0.25, 0.3) is 11.0 Å². The fraction of sp³-hybridized carbons (Fsp3) is 0.250. The number of benzene rings is 1. The van der Waals surface area contributed by atoms with E-state index in [1.807, 2.05) is 26.0 Å². The Kier molecular flexibility index (Phi) is 2.63. The Morgan fingerprint density at radius 1 is 1.25 bits per heavy atom. The first-order valence-corrected chi connectivity index (χ1v) is 3.87. The molecular weight excluding hydrogens is 154 g/mol. The summed E-state index contributed by atoms with van der Waals surface area (Å²) in [5.74, 6) is 0. The second-order valence-electron chi connectivity index (χ2n) is 1.97. The highest BCUT2D eigenvalue weighted by Crippen LogP contribution is 2.06. The van der Waals surface area contributed by atoms with Crippen LogP contribution in [0.1, 0.15) is 13.8 Å². The monoisotopic (exact) mass is 165 g/mol. The number of hydrogen-bond acceptors (Lipinski definition) is 3. The van der Waals surface area contributed by atoms with Gasteiger partial charge in [-0.1, -0.05) is 30.8 Å². The molecule has 0 atom stereocenters. The first-order valence-electron chi connectivity index (χ1n) is 3.87. The average Bonchev–Trinajstić information content (AvgIpc) is 2.53. The van der Waals surface area contributed by atoms with Crippen molar-refractivity contribution in [3.8, 4) is 0 Å². The highest BCUT2D eigenvalue weighted by molar-refractivity contribution is 5.73. The molecule has 0 aliphatic rings. The summed E-state index contributed by atoms with van der Waals surface area (Å²) < 4.78 is 0. The van der Waals surface area contributed by atoms with Crippen molar-refractivity contribution in [1.29, 1.82) is 0 Å². The Balaban J connectivity index is 0.000000336. The van der Waals surface area contributed by atoms with Gasteiger partial charge in [-0.05, 0) is 17.3 Å². The lowest BCUT2D eigenvalue weighted by atomic mass is 10.3. The highest BCUT2D eigenvalue weighted by atomic mass is 16.5. The first-order chi connectivity index (χ1) is 5.88. The minimum absolute atomic E-state index is 0.627. The van der Waals surface area contributed by atoms with Crippen molar-refractivity contribution < 1.29 is 5.21 Å². The smallest absolute Gasteiger partial charge is 0.130 e. The van der Waals surface area contributed by atoms with Crippen LogP contribution >= 0.6 is 0 Å². The lowest BCUT2D eigenvalue weighted by Gasteiger charge is -1.85. The molecule has 1 N–H and O–H groups in total. The number of rotatable bonds is 0. The summed E-state index contributed by atoms with van der Waals surface area (Å²) in [4.78, 5) is 0.759. The number of aromatic nitrogens is 3.